The molecule has 0 bridgehead atoms. The highest BCUT2D eigenvalue weighted by atomic mass is 32.2. The van der Waals surface area contributed by atoms with Crippen molar-refractivity contribution in [3.05, 3.63) is 29.8 Å². The molecule has 1 saturated carbocycles. The summed E-state index contributed by atoms with van der Waals surface area (Å²) in [5.41, 5.74) is 1.03. The van der Waals surface area contributed by atoms with Gasteiger partial charge in [0.25, 0.3) is 0 Å². The van der Waals surface area contributed by atoms with Gasteiger partial charge in [0.15, 0.2) is 0 Å². The van der Waals surface area contributed by atoms with Gasteiger partial charge in [-0.25, -0.2) is 8.42 Å². The number of sulfonamides is 1. The van der Waals surface area contributed by atoms with Gasteiger partial charge in [0.2, 0.25) is 15.9 Å². The lowest BCUT2D eigenvalue weighted by Crippen LogP contribution is -2.53. The molecule has 6 nitrogen and oxygen atoms in total. The molecule has 2 fully saturated rings. The highest BCUT2D eigenvalue weighted by molar-refractivity contribution is 7.89. The van der Waals surface area contributed by atoms with E-state index in [0.717, 1.165) is 12.0 Å². The Hall–Kier alpha value is -1.44. The number of nitrogens with one attached hydrogen (secondary N) is 1. The second kappa shape index (κ2) is 8.71. The Bertz CT molecular complexity index is 740. The van der Waals surface area contributed by atoms with Crippen LogP contribution < -0.4 is 5.32 Å². The molecule has 27 heavy (non-hydrogen) atoms. The zero-order valence-electron chi connectivity index (χ0n) is 16.4. The van der Waals surface area contributed by atoms with E-state index in [1.54, 1.807) is 17.0 Å². The average Bonchev–Trinajstić information content (AvgIpc) is 2.67. The van der Waals surface area contributed by atoms with Gasteiger partial charge < -0.3 is 10.2 Å². The summed E-state index contributed by atoms with van der Waals surface area (Å²) < 4.78 is 27.0. The number of hydrogen-bond donors (Lipinski definition) is 1. The van der Waals surface area contributed by atoms with Gasteiger partial charge in [-0.1, -0.05) is 37.5 Å². The van der Waals surface area contributed by atoms with E-state index >= 15 is 0 Å². The van der Waals surface area contributed by atoms with Gasteiger partial charge >= 0.3 is 0 Å². The lowest BCUT2D eigenvalue weighted by Gasteiger charge is -2.35. The van der Waals surface area contributed by atoms with Gasteiger partial charge in [0, 0.05) is 32.2 Å². The molecular formula is C20H31N3O3S. The Morgan fingerprint density at radius 2 is 1.70 bits per heavy atom. The van der Waals surface area contributed by atoms with E-state index in [1.807, 2.05) is 19.1 Å². The molecule has 0 aromatic heterocycles. The van der Waals surface area contributed by atoms with Crippen molar-refractivity contribution in [1.29, 1.82) is 0 Å². The molecule has 1 N–H and O–H groups in total. The fourth-order valence-electron chi connectivity index (χ4n) is 3.99. The van der Waals surface area contributed by atoms with Gasteiger partial charge in [0.05, 0.1) is 11.4 Å². The van der Waals surface area contributed by atoms with Gasteiger partial charge in [0.1, 0.15) is 0 Å². The van der Waals surface area contributed by atoms with Gasteiger partial charge in [-0.05, 0) is 37.8 Å². The van der Waals surface area contributed by atoms with E-state index in [2.05, 4.69) is 12.2 Å². The molecule has 0 spiro atoms. The van der Waals surface area contributed by atoms with Crippen LogP contribution in [0, 0.1) is 12.8 Å². The molecular weight excluding hydrogens is 362 g/mol. The first-order chi connectivity index (χ1) is 12.9. The number of benzene rings is 1. The van der Waals surface area contributed by atoms with Crippen molar-refractivity contribution >= 4 is 15.9 Å². The van der Waals surface area contributed by atoms with Crippen molar-refractivity contribution in [3.63, 3.8) is 0 Å². The first-order valence-electron chi connectivity index (χ1n) is 9.96. The zero-order valence-corrected chi connectivity index (χ0v) is 17.2. The summed E-state index contributed by atoms with van der Waals surface area (Å²) in [6.45, 7) is 6.12. The van der Waals surface area contributed by atoms with Gasteiger partial charge in [-0.15, -0.1) is 0 Å². The zero-order chi connectivity index (χ0) is 19.4. The fraction of sp³-hybridized carbons (Fsp3) is 0.650. The highest BCUT2D eigenvalue weighted by Gasteiger charge is 2.30. The number of nitrogens with zero attached hydrogens (tertiary/aromatic N) is 2. The summed E-state index contributed by atoms with van der Waals surface area (Å²) in [6, 6.07) is 7.34. The molecule has 2 atom stereocenters. The van der Waals surface area contributed by atoms with Crippen LogP contribution in [0.1, 0.15) is 38.2 Å². The molecule has 3 rings (SSSR count). The predicted octanol–water partition coefficient (Wildman–Crippen LogP) is 2.00. The molecule has 1 heterocycles. The maximum absolute atomic E-state index is 12.8. The Labute approximate surface area is 163 Å². The largest absolute Gasteiger partial charge is 0.339 e. The topological polar surface area (TPSA) is 69.7 Å². The Morgan fingerprint density at radius 3 is 2.33 bits per heavy atom. The molecule has 7 heteroatoms. The minimum absolute atomic E-state index is 0.0696. The van der Waals surface area contributed by atoms with E-state index in [0.29, 0.717) is 49.6 Å². The minimum atomic E-state index is -3.48. The van der Waals surface area contributed by atoms with Crippen molar-refractivity contribution in [2.24, 2.45) is 5.92 Å². The van der Waals surface area contributed by atoms with Crippen LogP contribution >= 0.6 is 0 Å². The summed E-state index contributed by atoms with van der Waals surface area (Å²) >= 11 is 0. The molecule has 1 aliphatic heterocycles. The van der Waals surface area contributed by atoms with Gasteiger partial charge in [-0.3, -0.25) is 4.79 Å². The molecule has 1 amide bonds. The van der Waals surface area contributed by atoms with Crippen LogP contribution in [0.4, 0.5) is 0 Å². The SMILES string of the molecule is Cc1ccc(S(=O)(=O)N2CCN(C(=O)CN[C@H]3CCCC[C@@H]3C)CC2)cc1. The van der Waals surface area contributed by atoms with Crippen LogP contribution in [0.3, 0.4) is 0 Å². The number of carbonyl (C=O) groups excluding carboxylic acids is 1. The first kappa shape index (κ1) is 20.3. The summed E-state index contributed by atoms with van der Waals surface area (Å²) in [4.78, 5) is 14.6. The highest BCUT2D eigenvalue weighted by Crippen LogP contribution is 2.23. The Kier molecular flexibility index (Phi) is 6.55. The summed E-state index contributed by atoms with van der Waals surface area (Å²) in [5, 5.41) is 3.42. The van der Waals surface area contributed by atoms with Crippen molar-refractivity contribution < 1.29 is 13.2 Å². The third kappa shape index (κ3) is 4.89. The van der Waals surface area contributed by atoms with Crippen LogP contribution in [0.15, 0.2) is 29.2 Å². The number of amides is 1. The minimum Gasteiger partial charge on any atom is -0.339 e. The molecule has 1 saturated heterocycles. The maximum Gasteiger partial charge on any atom is 0.243 e. The van der Waals surface area contributed by atoms with Crippen LogP contribution in [0.2, 0.25) is 0 Å². The van der Waals surface area contributed by atoms with Crippen molar-refractivity contribution in [3.8, 4) is 0 Å². The second-order valence-electron chi connectivity index (χ2n) is 7.85. The van der Waals surface area contributed by atoms with Crippen molar-refractivity contribution in [2.75, 3.05) is 32.7 Å². The molecule has 2 aliphatic rings. The molecule has 1 aliphatic carbocycles. The monoisotopic (exact) mass is 393 g/mol. The lowest BCUT2D eigenvalue weighted by atomic mass is 9.86. The third-order valence-electron chi connectivity index (χ3n) is 5.88. The summed E-state index contributed by atoms with van der Waals surface area (Å²) in [6.07, 6.45) is 4.87. The molecule has 1 aromatic rings. The molecule has 150 valence electrons. The number of aryl methyl sites for hydroxylation is 1. The standard InChI is InChI=1S/C20H31N3O3S/c1-16-7-9-18(10-8-16)27(25,26)23-13-11-22(12-14-23)20(24)15-21-19-6-4-3-5-17(19)2/h7-10,17,19,21H,3-6,11-15H2,1-2H3/t17-,19-/m0/s1. The quantitative estimate of drug-likeness (QED) is 0.831. The number of piperazine rings is 1. The summed E-state index contributed by atoms with van der Waals surface area (Å²) in [5.74, 6) is 0.684. The third-order valence-corrected chi connectivity index (χ3v) is 7.79. The number of hydrogen-bond acceptors (Lipinski definition) is 4. The normalized spacial score (nSPS) is 24.7. The van der Waals surface area contributed by atoms with Crippen LogP contribution in [-0.2, 0) is 14.8 Å². The van der Waals surface area contributed by atoms with E-state index in [1.165, 1.54) is 23.6 Å². The first-order valence-corrected chi connectivity index (χ1v) is 11.4. The lowest BCUT2D eigenvalue weighted by molar-refractivity contribution is -0.131. The average molecular weight is 394 g/mol. The van der Waals surface area contributed by atoms with Crippen LogP contribution in [0.25, 0.3) is 0 Å². The van der Waals surface area contributed by atoms with Crippen LogP contribution in [-0.4, -0.2) is 62.3 Å². The second-order valence-corrected chi connectivity index (χ2v) is 9.78. The van der Waals surface area contributed by atoms with Crippen molar-refractivity contribution in [2.45, 2.75) is 50.5 Å². The smallest absolute Gasteiger partial charge is 0.243 e. The molecule has 0 unspecified atom stereocenters. The van der Waals surface area contributed by atoms with E-state index in [9.17, 15) is 13.2 Å². The van der Waals surface area contributed by atoms with E-state index in [-0.39, 0.29) is 5.91 Å². The molecule has 0 radical (unpaired) electrons. The number of rotatable bonds is 5. The summed E-state index contributed by atoms with van der Waals surface area (Å²) in [7, 11) is -3.48. The van der Waals surface area contributed by atoms with Crippen molar-refractivity contribution in [1.82, 2.24) is 14.5 Å². The number of carbonyl (C=O) groups is 1. The Balaban J connectivity index is 1.50. The molecule has 1 aromatic carbocycles. The van der Waals surface area contributed by atoms with Gasteiger partial charge in [-0.2, -0.15) is 4.31 Å². The van der Waals surface area contributed by atoms with Crippen LogP contribution in [0.5, 0.6) is 0 Å². The Morgan fingerprint density at radius 1 is 1.07 bits per heavy atom. The van der Waals surface area contributed by atoms with E-state index < -0.39 is 10.0 Å². The van der Waals surface area contributed by atoms with E-state index in [4.69, 9.17) is 0 Å². The maximum atomic E-state index is 12.8. The predicted molar refractivity (Wildman–Crippen MR) is 106 cm³/mol. The fourth-order valence-corrected chi connectivity index (χ4v) is 5.41.